The fourth-order valence-electron chi connectivity index (χ4n) is 3.85. The Balaban J connectivity index is 3.44. The highest BCUT2D eigenvalue weighted by Crippen LogP contribution is 2.27. The predicted molar refractivity (Wildman–Crippen MR) is 140 cm³/mol. The highest BCUT2D eigenvalue weighted by atomic mass is 16.6. The average molecular weight is 505 g/mol. The van der Waals surface area contributed by atoms with Crippen molar-refractivity contribution in [2.45, 2.75) is 98.3 Å². The Morgan fingerprint density at radius 3 is 2.28 bits per heavy atom. The number of alkyl carbamates (subject to hydrolysis) is 1. The van der Waals surface area contributed by atoms with Gasteiger partial charge in [-0.15, -0.1) is 0 Å². The molecular formula is C27H44N4O5. The lowest BCUT2D eigenvalue weighted by Gasteiger charge is -2.35. The maximum absolute atomic E-state index is 13.8. The second-order valence-electron chi connectivity index (χ2n) is 10.2. The van der Waals surface area contributed by atoms with Crippen molar-refractivity contribution in [2.24, 2.45) is 5.73 Å². The molecule has 0 aliphatic rings. The van der Waals surface area contributed by atoms with Gasteiger partial charge in [-0.1, -0.05) is 50.5 Å². The van der Waals surface area contributed by atoms with Gasteiger partial charge in [-0.25, -0.2) is 4.79 Å². The van der Waals surface area contributed by atoms with Gasteiger partial charge in [-0.2, -0.15) is 0 Å². The van der Waals surface area contributed by atoms with Crippen LogP contribution in [0.2, 0.25) is 0 Å². The molecule has 4 amide bonds. The quantitative estimate of drug-likeness (QED) is 0.353. The molecule has 0 aromatic heterocycles. The SMILES string of the molecule is CCCCCNC(=O)C(c1cc(C)ccc1C)N(CCC)C(=O)C(CC(N)=O)NC(=O)OC(C)(C)C. The largest absolute Gasteiger partial charge is 0.444 e. The molecule has 0 fully saturated rings. The number of primary amides is 1. The summed E-state index contributed by atoms with van der Waals surface area (Å²) in [5.41, 5.74) is 7.11. The van der Waals surface area contributed by atoms with E-state index in [0.717, 1.165) is 30.4 Å². The van der Waals surface area contributed by atoms with Crippen molar-refractivity contribution in [2.75, 3.05) is 13.1 Å². The molecule has 0 saturated heterocycles. The van der Waals surface area contributed by atoms with Crippen molar-refractivity contribution in [1.29, 1.82) is 0 Å². The zero-order chi connectivity index (χ0) is 27.5. The second kappa shape index (κ2) is 14.5. The highest BCUT2D eigenvalue weighted by molar-refractivity contribution is 5.94. The number of amides is 4. The minimum Gasteiger partial charge on any atom is -0.444 e. The molecule has 9 nitrogen and oxygen atoms in total. The molecule has 0 heterocycles. The molecule has 0 bridgehead atoms. The number of carbonyl (C=O) groups is 4. The van der Waals surface area contributed by atoms with Gasteiger partial charge in [0.1, 0.15) is 17.7 Å². The fraction of sp³-hybridized carbons (Fsp3) is 0.630. The van der Waals surface area contributed by atoms with E-state index in [-0.39, 0.29) is 12.5 Å². The van der Waals surface area contributed by atoms with Gasteiger partial charge in [0.25, 0.3) is 0 Å². The first-order chi connectivity index (χ1) is 16.8. The number of hydrogen-bond donors (Lipinski definition) is 3. The summed E-state index contributed by atoms with van der Waals surface area (Å²) in [6, 6.07) is 3.54. The van der Waals surface area contributed by atoms with Gasteiger partial charge in [0.15, 0.2) is 0 Å². The molecule has 0 spiro atoms. The normalized spacial score (nSPS) is 12.9. The third-order valence-electron chi connectivity index (χ3n) is 5.51. The first kappa shape index (κ1) is 30.9. The van der Waals surface area contributed by atoms with Gasteiger partial charge in [0, 0.05) is 13.1 Å². The smallest absolute Gasteiger partial charge is 0.408 e. The predicted octanol–water partition coefficient (Wildman–Crippen LogP) is 3.66. The van der Waals surface area contributed by atoms with Crippen molar-refractivity contribution in [3.63, 3.8) is 0 Å². The summed E-state index contributed by atoms with van der Waals surface area (Å²) >= 11 is 0. The summed E-state index contributed by atoms with van der Waals surface area (Å²) in [5.74, 6) is -1.64. The Kier molecular flexibility index (Phi) is 12.4. The zero-order valence-corrected chi connectivity index (χ0v) is 22.9. The van der Waals surface area contributed by atoms with E-state index < -0.39 is 42.0 Å². The molecular weight excluding hydrogens is 460 g/mol. The molecule has 0 aliphatic heterocycles. The van der Waals surface area contributed by atoms with E-state index in [9.17, 15) is 19.2 Å². The van der Waals surface area contributed by atoms with Gasteiger partial charge < -0.3 is 26.0 Å². The van der Waals surface area contributed by atoms with E-state index in [1.165, 1.54) is 4.90 Å². The van der Waals surface area contributed by atoms with Gasteiger partial charge in [0.2, 0.25) is 17.7 Å². The van der Waals surface area contributed by atoms with E-state index in [4.69, 9.17) is 10.5 Å². The van der Waals surface area contributed by atoms with Crippen LogP contribution in [0.5, 0.6) is 0 Å². The molecule has 1 aromatic rings. The standard InChI is InChI=1S/C27H44N4O5/c1-8-10-11-14-29-24(33)23(20-16-18(3)12-13-19(20)4)31(15-9-2)25(34)21(17-22(28)32)30-26(35)36-27(5,6)7/h12-13,16,21,23H,8-11,14-15,17H2,1-7H3,(H2,28,32)(H,29,33)(H,30,35). The Morgan fingerprint density at radius 2 is 1.72 bits per heavy atom. The summed E-state index contributed by atoms with van der Waals surface area (Å²) in [4.78, 5) is 53.1. The molecule has 1 rings (SSSR count). The number of hydrogen-bond acceptors (Lipinski definition) is 5. The number of nitrogens with one attached hydrogen (secondary N) is 2. The maximum atomic E-state index is 13.8. The summed E-state index contributed by atoms with van der Waals surface area (Å²) < 4.78 is 5.29. The first-order valence-corrected chi connectivity index (χ1v) is 12.7. The second-order valence-corrected chi connectivity index (χ2v) is 10.2. The van der Waals surface area contributed by atoms with Crippen LogP contribution in [0.25, 0.3) is 0 Å². The third kappa shape index (κ3) is 10.3. The van der Waals surface area contributed by atoms with E-state index in [2.05, 4.69) is 17.6 Å². The summed E-state index contributed by atoms with van der Waals surface area (Å²) in [6.07, 6.45) is 2.12. The third-order valence-corrected chi connectivity index (χ3v) is 5.51. The lowest BCUT2D eigenvalue weighted by Crippen LogP contribution is -2.54. The lowest BCUT2D eigenvalue weighted by molar-refractivity contribution is -0.143. The molecule has 36 heavy (non-hydrogen) atoms. The van der Waals surface area contributed by atoms with Crippen LogP contribution in [0.3, 0.4) is 0 Å². The Morgan fingerprint density at radius 1 is 1.06 bits per heavy atom. The van der Waals surface area contributed by atoms with Crippen LogP contribution in [0.15, 0.2) is 18.2 Å². The van der Waals surface area contributed by atoms with Crippen molar-refractivity contribution >= 4 is 23.8 Å². The highest BCUT2D eigenvalue weighted by Gasteiger charge is 2.37. The fourth-order valence-corrected chi connectivity index (χ4v) is 3.85. The average Bonchev–Trinajstić information content (AvgIpc) is 2.76. The van der Waals surface area contributed by atoms with Crippen LogP contribution >= 0.6 is 0 Å². The van der Waals surface area contributed by atoms with E-state index >= 15 is 0 Å². The molecule has 2 atom stereocenters. The molecule has 0 saturated carbocycles. The topological polar surface area (TPSA) is 131 Å². The number of aryl methyl sites for hydroxylation is 2. The first-order valence-electron chi connectivity index (χ1n) is 12.7. The van der Waals surface area contributed by atoms with E-state index in [0.29, 0.717) is 18.5 Å². The van der Waals surface area contributed by atoms with Crippen molar-refractivity contribution < 1.29 is 23.9 Å². The van der Waals surface area contributed by atoms with Crippen LogP contribution in [0.4, 0.5) is 4.79 Å². The van der Waals surface area contributed by atoms with Crippen molar-refractivity contribution in [3.8, 4) is 0 Å². The minimum absolute atomic E-state index is 0.241. The van der Waals surface area contributed by atoms with Crippen LogP contribution in [-0.2, 0) is 19.1 Å². The maximum Gasteiger partial charge on any atom is 0.408 e. The monoisotopic (exact) mass is 504 g/mol. The zero-order valence-electron chi connectivity index (χ0n) is 22.9. The lowest BCUT2D eigenvalue weighted by atomic mass is 9.95. The number of carbonyl (C=O) groups excluding carboxylic acids is 4. The number of nitrogens with two attached hydrogens (primary N) is 1. The number of nitrogens with zero attached hydrogens (tertiary/aromatic N) is 1. The molecule has 9 heteroatoms. The van der Waals surface area contributed by atoms with E-state index in [1.807, 2.05) is 39.0 Å². The molecule has 4 N–H and O–H groups in total. The molecule has 0 aliphatic carbocycles. The molecule has 1 aromatic carbocycles. The van der Waals surface area contributed by atoms with Crippen LogP contribution < -0.4 is 16.4 Å². The molecule has 202 valence electrons. The number of rotatable bonds is 13. The summed E-state index contributed by atoms with van der Waals surface area (Å²) in [6.45, 7) is 13.6. The van der Waals surface area contributed by atoms with Crippen molar-refractivity contribution in [3.05, 3.63) is 34.9 Å². The minimum atomic E-state index is -1.27. The molecule has 2 unspecified atom stereocenters. The number of unbranched alkanes of at least 4 members (excludes halogenated alkanes) is 2. The van der Waals surface area contributed by atoms with Gasteiger partial charge in [0.05, 0.1) is 6.42 Å². The Hall–Kier alpha value is -3.10. The van der Waals surface area contributed by atoms with Gasteiger partial charge >= 0.3 is 6.09 Å². The Labute approximate surface area is 215 Å². The van der Waals surface area contributed by atoms with Gasteiger partial charge in [-0.3, -0.25) is 14.4 Å². The van der Waals surface area contributed by atoms with E-state index in [1.54, 1.807) is 20.8 Å². The molecule has 0 radical (unpaired) electrons. The van der Waals surface area contributed by atoms with Crippen LogP contribution in [0, 0.1) is 13.8 Å². The summed E-state index contributed by atoms with van der Waals surface area (Å²) in [7, 11) is 0. The van der Waals surface area contributed by atoms with Crippen molar-refractivity contribution in [1.82, 2.24) is 15.5 Å². The number of ether oxygens (including phenoxy) is 1. The number of benzene rings is 1. The van der Waals surface area contributed by atoms with Crippen LogP contribution in [-0.4, -0.2) is 53.4 Å². The Bertz CT molecular complexity index is 910. The van der Waals surface area contributed by atoms with Crippen LogP contribution in [0.1, 0.15) is 89.5 Å². The van der Waals surface area contributed by atoms with Gasteiger partial charge in [-0.05, 0) is 58.6 Å². The summed E-state index contributed by atoms with van der Waals surface area (Å²) in [5, 5.41) is 5.46.